The van der Waals surface area contributed by atoms with Gasteiger partial charge in [0.25, 0.3) is 11.8 Å². The lowest BCUT2D eigenvalue weighted by Gasteiger charge is -2.28. The third-order valence-corrected chi connectivity index (χ3v) is 5.21. The number of hydrogen-bond donors (Lipinski definition) is 2. The second-order valence-corrected chi connectivity index (χ2v) is 7.33. The standard InChI is InChI=1S/C21H24ClN3O2/c1-24(15-19(26)23-18-12-6-5-11-17(18)22)20(16-9-3-2-4-10-16)21(27)25-13-7-8-14-25/h2-6,9-12,20H,7-8,13-15H2,1H3,(H,23,26)/p+1/t20-/m0/s1. The van der Waals surface area contributed by atoms with Crippen LogP contribution in [0.1, 0.15) is 24.4 Å². The predicted octanol–water partition coefficient (Wildman–Crippen LogP) is 2.16. The molecule has 0 aliphatic carbocycles. The first kappa shape index (κ1) is 19.4. The van der Waals surface area contributed by atoms with E-state index < -0.39 is 6.04 Å². The number of likely N-dealkylation sites (N-methyl/N-ethyl adjacent to an activating group) is 1. The summed E-state index contributed by atoms with van der Waals surface area (Å²) in [7, 11) is 1.89. The Balaban J connectivity index is 1.74. The second kappa shape index (κ2) is 9.02. The molecule has 3 rings (SSSR count). The number of benzene rings is 2. The zero-order chi connectivity index (χ0) is 19.2. The summed E-state index contributed by atoms with van der Waals surface area (Å²) in [6.07, 6.45) is 2.08. The van der Waals surface area contributed by atoms with Crippen molar-refractivity contribution >= 4 is 29.1 Å². The molecule has 1 saturated heterocycles. The van der Waals surface area contributed by atoms with Crippen LogP contribution in [0.15, 0.2) is 54.6 Å². The van der Waals surface area contributed by atoms with Gasteiger partial charge in [0.05, 0.1) is 17.8 Å². The van der Waals surface area contributed by atoms with E-state index in [1.165, 1.54) is 0 Å². The van der Waals surface area contributed by atoms with E-state index in [4.69, 9.17) is 11.6 Å². The number of nitrogens with zero attached hydrogens (tertiary/aromatic N) is 1. The third-order valence-electron chi connectivity index (χ3n) is 4.88. The first-order valence-corrected chi connectivity index (χ1v) is 9.64. The monoisotopic (exact) mass is 386 g/mol. The van der Waals surface area contributed by atoms with Gasteiger partial charge in [0, 0.05) is 18.7 Å². The first-order valence-electron chi connectivity index (χ1n) is 9.26. The van der Waals surface area contributed by atoms with E-state index in [1.807, 2.05) is 54.4 Å². The third kappa shape index (κ3) is 4.87. The van der Waals surface area contributed by atoms with Gasteiger partial charge in [-0.1, -0.05) is 54.1 Å². The Kier molecular flexibility index (Phi) is 6.48. The van der Waals surface area contributed by atoms with Gasteiger partial charge in [0.1, 0.15) is 0 Å². The second-order valence-electron chi connectivity index (χ2n) is 6.93. The molecule has 2 aromatic rings. The van der Waals surface area contributed by atoms with Crippen LogP contribution in [0.25, 0.3) is 0 Å². The Labute approximate surface area is 164 Å². The highest BCUT2D eigenvalue weighted by molar-refractivity contribution is 6.33. The van der Waals surface area contributed by atoms with Crippen LogP contribution in [-0.2, 0) is 9.59 Å². The Morgan fingerprint density at radius 2 is 1.70 bits per heavy atom. The molecule has 1 heterocycles. The minimum atomic E-state index is -0.402. The van der Waals surface area contributed by atoms with Gasteiger partial charge in [-0.25, -0.2) is 0 Å². The molecule has 2 amide bonds. The van der Waals surface area contributed by atoms with Gasteiger partial charge in [-0.05, 0) is 25.0 Å². The van der Waals surface area contributed by atoms with Crippen molar-refractivity contribution < 1.29 is 14.5 Å². The van der Waals surface area contributed by atoms with Gasteiger partial charge >= 0.3 is 0 Å². The molecule has 1 unspecified atom stereocenters. The van der Waals surface area contributed by atoms with E-state index in [0.29, 0.717) is 10.7 Å². The topological polar surface area (TPSA) is 53.9 Å². The van der Waals surface area contributed by atoms with Crippen LogP contribution in [-0.4, -0.2) is 43.4 Å². The van der Waals surface area contributed by atoms with E-state index >= 15 is 0 Å². The zero-order valence-electron chi connectivity index (χ0n) is 15.5. The highest BCUT2D eigenvalue weighted by Crippen LogP contribution is 2.20. The van der Waals surface area contributed by atoms with Gasteiger partial charge in [-0.2, -0.15) is 0 Å². The molecule has 0 bridgehead atoms. The van der Waals surface area contributed by atoms with Crippen LogP contribution >= 0.6 is 11.6 Å². The normalized spacial score (nSPS) is 16.0. The quantitative estimate of drug-likeness (QED) is 0.799. The number of para-hydroxylation sites is 1. The SMILES string of the molecule is C[NH+](CC(=O)Nc1ccccc1Cl)[C@H](C(=O)N1CCCC1)c1ccccc1. The van der Waals surface area contributed by atoms with Crippen molar-refractivity contribution in [3.05, 3.63) is 65.2 Å². The van der Waals surface area contributed by atoms with E-state index in [1.54, 1.807) is 12.1 Å². The molecular formula is C21H25ClN3O2+. The predicted molar refractivity (Wildman–Crippen MR) is 107 cm³/mol. The minimum Gasteiger partial charge on any atom is -0.337 e. The van der Waals surface area contributed by atoms with Crippen LogP contribution in [0.5, 0.6) is 0 Å². The molecule has 27 heavy (non-hydrogen) atoms. The number of rotatable bonds is 6. The van der Waals surface area contributed by atoms with Gasteiger partial charge < -0.3 is 15.1 Å². The zero-order valence-corrected chi connectivity index (χ0v) is 16.2. The number of anilines is 1. The summed E-state index contributed by atoms with van der Waals surface area (Å²) in [4.78, 5) is 28.4. The fraction of sp³-hybridized carbons (Fsp3) is 0.333. The maximum atomic E-state index is 13.1. The van der Waals surface area contributed by atoms with E-state index in [-0.39, 0.29) is 18.4 Å². The molecule has 1 fully saturated rings. The molecule has 6 heteroatoms. The van der Waals surface area contributed by atoms with Crippen LogP contribution in [0, 0.1) is 0 Å². The van der Waals surface area contributed by atoms with Crippen molar-refractivity contribution in [2.45, 2.75) is 18.9 Å². The number of amides is 2. The van der Waals surface area contributed by atoms with E-state index in [0.717, 1.165) is 36.4 Å². The summed E-state index contributed by atoms with van der Waals surface area (Å²) in [6, 6.07) is 16.4. The van der Waals surface area contributed by atoms with Crippen LogP contribution < -0.4 is 10.2 Å². The molecule has 2 N–H and O–H groups in total. The van der Waals surface area contributed by atoms with Crippen molar-refractivity contribution in [2.75, 3.05) is 32.0 Å². The lowest BCUT2D eigenvalue weighted by Crippen LogP contribution is -3.11. The molecule has 0 saturated carbocycles. The summed E-state index contributed by atoms with van der Waals surface area (Å²) in [5, 5.41) is 3.34. The van der Waals surface area contributed by atoms with Crippen molar-refractivity contribution in [2.24, 2.45) is 0 Å². The molecule has 0 radical (unpaired) electrons. The Bertz CT molecular complexity index is 791. The number of halogens is 1. The highest BCUT2D eigenvalue weighted by atomic mass is 35.5. The molecule has 2 aromatic carbocycles. The highest BCUT2D eigenvalue weighted by Gasteiger charge is 2.34. The largest absolute Gasteiger partial charge is 0.337 e. The van der Waals surface area contributed by atoms with Gasteiger partial charge in [0.15, 0.2) is 12.6 Å². The Hall–Kier alpha value is -2.37. The lowest BCUT2D eigenvalue weighted by molar-refractivity contribution is -0.894. The average Bonchev–Trinajstić information content (AvgIpc) is 3.19. The van der Waals surface area contributed by atoms with Crippen molar-refractivity contribution in [3.63, 3.8) is 0 Å². The van der Waals surface area contributed by atoms with Crippen LogP contribution in [0.4, 0.5) is 5.69 Å². The van der Waals surface area contributed by atoms with Gasteiger partial charge in [0.2, 0.25) is 0 Å². The number of carbonyl (C=O) groups excluding carboxylic acids is 2. The minimum absolute atomic E-state index is 0.0849. The summed E-state index contributed by atoms with van der Waals surface area (Å²) in [5.74, 6) is -0.0857. The molecule has 1 aliphatic rings. The summed E-state index contributed by atoms with van der Waals surface area (Å²) in [5.41, 5.74) is 1.51. The molecule has 0 aromatic heterocycles. The Morgan fingerprint density at radius 3 is 2.37 bits per heavy atom. The van der Waals surface area contributed by atoms with E-state index in [9.17, 15) is 9.59 Å². The lowest BCUT2D eigenvalue weighted by atomic mass is 10.0. The van der Waals surface area contributed by atoms with Crippen LogP contribution in [0.3, 0.4) is 0 Å². The number of nitrogens with one attached hydrogen (secondary N) is 2. The van der Waals surface area contributed by atoms with Gasteiger partial charge in [-0.15, -0.1) is 0 Å². The maximum absolute atomic E-state index is 13.1. The number of carbonyl (C=O) groups is 2. The smallest absolute Gasteiger partial charge is 0.285 e. The molecular weight excluding hydrogens is 362 g/mol. The molecule has 2 atom stereocenters. The molecule has 1 aliphatic heterocycles. The van der Waals surface area contributed by atoms with Crippen LogP contribution in [0.2, 0.25) is 5.02 Å². The number of hydrogen-bond acceptors (Lipinski definition) is 2. The summed E-state index contributed by atoms with van der Waals surface area (Å²) < 4.78 is 0. The average molecular weight is 387 g/mol. The van der Waals surface area contributed by atoms with E-state index in [2.05, 4.69) is 5.32 Å². The molecule has 5 nitrogen and oxygen atoms in total. The number of quaternary nitrogens is 1. The fourth-order valence-electron chi connectivity index (χ4n) is 3.52. The molecule has 142 valence electrons. The van der Waals surface area contributed by atoms with Crippen molar-refractivity contribution in [3.8, 4) is 0 Å². The summed E-state index contributed by atoms with van der Waals surface area (Å²) >= 11 is 6.12. The molecule has 0 spiro atoms. The number of likely N-dealkylation sites (tertiary alicyclic amines) is 1. The summed E-state index contributed by atoms with van der Waals surface area (Å²) in [6.45, 7) is 1.76. The fourth-order valence-corrected chi connectivity index (χ4v) is 3.70. The van der Waals surface area contributed by atoms with Gasteiger partial charge in [-0.3, -0.25) is 9.59 Å². The maximum Gasteiger partial charge on any atom is 0.285 e. The first-order chi connectivity index (χ1) is 13.1. The Morgan fingerprint density at radius 1 is 1.07 bits per heavy atom. The van der Waals surface area contributed by atoms with Crippen molar-refractivity contribution in [1.29, 1.82) is 0 Å². The van der Waals surface area contributed by atoms with Crippen molar-refractivity contribution in [1.82, 2.24) is 4.90 Å².